The number of rotatable bonds is 3. The summed E-state index contributed by atoms with van der Waals surface area (Å²) in [5.41, 5.74) is 2.77. The van der Waals surface area contributed by atoms with Crippen LogP contribution >= 0.6 is 0 Å². The number of halogens is 1. The van der Waals surface area contributed by atoms with Crippen LogP contribution in [0.4, 0.5) is 4.39 Å². The summed E-state index contributed by atoms with van der Waals surface area (Å²) in [7, 11) is 1.67. The van der Waals surface area contributed by atoms with Gasteiger partial charge in [-0.05, 0) is 31.0 Å². The van der Waals surface area contributed by atoms with Crippen LogP contribution in [0.2, 0.25) is 0 Å². The van der Waals surface area contributed by atoms with E-state index in [0.717, 1.165) is 34.9 Å². The molecule has 0 atom stereocenters. The Morgan fingerprint density at radius 1 is 1.43 bits per heavy atom. The van der Waals surface area contributed by atoms with Crippen molar-refractivity contribution in [2.45, 2.75) is 18.9 Å². The van der Waals surface area contributed by atoms with Crippen LogP contribution in [-0.2, 0) is 4.79 Å². The summed E-state index contributed by atoms with van der Waals surface area (Å²) in [4.78, 5) is 14.7. The number of fused-ring (bicyclic) bond motifs is 1. The lowest BCUT2D eigenvalue weighted by molar-refractivity contribution is -0.128. The molecule has 0 saturated heterocycles. The number of nitrogens with zero attached hydrogens (tertiary/aromatic N) is 2. The molecule has 1 saturated carbocycles. The van der Waals surface area contributed by atoms with Crippen LogP contribution in [0, 0.1) is 11.7 Å². The molecular formula is C17H17FN4O. The number of H-pyrrole nitrogens is 1. The molecule has 1 aliphatic carbocycles. The molecule has 0 unspecified atom stereocenters. The lowest BCUT2D eigenvalue weighted by Crippen LogP contribution is -2.38. The fourth-order valence-electron chi connectivity index (χ4n) is 3.24. The predicted octanol–water partition coefficient (Wildman–Crippen LogP) is 2.87. The van der Waals surface area contributed by atoms with E-state index in [1.165, 1.54) is 12.1 Å². The van der Waals surface area contributed by atoms with Crippen LogP contribution in [0.3, 0.4) is 0 Å². The minimum atomic E-state index is -0.253. The zero-order valence-electron chi connectivity index (χ0n) is 12.7. The maximum atomic E-state index is 13.3. The first-order chi connectivity index (χ1) is 11.2. The Kier molecular flexibility index (Phi) is 3.18. The van der Waals surface area contributed by atoms with Gasteiger partial charge in [0.25, 0.3) is 0 Å². The first-order valence-electron chi connectivity index (χ1n) is 7.68. The SMILES string of the molecule is CNC(=O)C1CC(n2cc(-c3c[nH]c4cc(F)ccc34)cn2)C1. The van der Waals surface area contributed by atoms with E-state index >= 15 is 0 Å². The van der Waals surface area contributed by atoms with Crippen molar-refractivity contribution in [3.8, 4) is 11.1 Å². The fraction of sp³-hybridized carbons (Fsp3) is 0.294. The van der Waals surface area contributed by atoms with Crippen molar-refractivity contribution in [2.75, 3.05) is 7.05 Å². The van der Waals surface area contributed by atoms with E-state index in [1.807, 2.05) is 23.3 Å². The van der Waals surface area contributed by atoms with Crippen LogP contribution in [0.15, 0.2) is 36.8 Å². The van der Waals surface area contributed by atoms with Crippen molar-refractivity contribution >= 4 is 16.8 Å². The van der Waals surface area contributed by atoms with Gasteiger partial charge in [0.15, 0.2) is 0 Å². The van der Waals surface area contributed by atoms with Gasteiger partial charge in [0, 0.05) is 47.4 Å². The van der Waals surface area contributed by atoms with Crippen LogP contribution in [-0.4, -0.2) is 27.7 Å². The minimum Gasteiger partial charge on any atom is -0.360 e. The summed E-state index contributed by atoms with van der Waals surface area (Å²) in [5.74, 6) is -0.0581. The molecule has 4 rings (SSSR count). The normalized spacial score (nSPS) is 20.4. The van der Waals surface area contributed by atoms with Gasteiger partial charge in [-0.1, -0.05) is 0 Å². The van der Waals surface area contributed by atoms with Gasteiger partial charge in [-0.25, -0.2) is 4.39 Å². The number of aromatic nitrogens is 3. The number of carbonyl (C=O) groups is 1. The number of benzene rings is 1. The second-order valence-corrected chi connectivity index (χ2v) is 6.04. The van der Waals surface area contributed by atoms with Crippen molar-refractivity contribution in [3.63, 3.8) is 0 Å². The molecule has 1 aromatic carbocycles. The average Bonchev–Trinajstić information content (AvgIpc) is 3.11. The molecule has 2 heterocycles. The number of hydrogen-bond acceptors (Lipinski definition) is 2. The Hall–Kier alpha value is -2.63. The zero-order chi connectivity index (χ0) is 16.0. The van der Waals surface area contributed by atoms with Gasteiger partial charge < -0.3 is 10.3 Å². The average molecular weight is 312 g/mol. The Labute approximate surface area is 132 Å². The highest BCUT2D eigenvalue weighted by atomic mass is 19.1. The molecule has 3 aromatic rings. The molecule has 5 nitrogen and oxygen atoms in total. The highest BCUT2D eigenvalue weighted by molar-refractivity contribution is 5.95. The highest BCUT2D eigenvalue weighted by Crippen LogP contribution is 2.38. The summed E-state index contributed by atoms with van der Waals surface area (Å²) in [5, 5.41) is 8.10. The van der Waals surface area contributed by atoms with Gasteiger partial charge in [-0.3, -0.25) is 9.48 Å². The molecule has 23 heavy (non-hydrogen) atoms. The van der Waals surface area contributed by atoms with Crippen molar-refractivity contribution in [2.24, 2.45) is 5.92 Å². The Balaban J connectivity index is 1.57. The second-order valence-electron chi connectivity index (χ2n) is 6.04. The van der Waals surface area contributed by atoms with Crippen molar-refractivity contribution in [1.82, 2.24) is 20.1 Å². The monoisotopic (exact) mass is 312 g/mol. The number of aromatic amines is 1. The molecule has 118 valence electrons. The van der Waals surface area contributed by atoms with E-state index in [-0.39, 0.29) is 23.7 Å². The standard InChI is InChI=1S/C17H17FN4O/c1-19-17(23)10-4-13(5-10)22-9-11(7-21-22)15-8-20-16-6-12(18)2-3-14(15)16/h2-3,6-10,13,20H,4-5H2,1H3,(H,19,23). The molecule has 1 amide bonds. The molecule has 0 spiro atoms. The number of nitrogens with one attached hydrogen (secondary N) is 2. The van der Waals surface area contributed by atoms with Gasteiger partial charge in [0.2, 0.25) is 5.91 Å². The molecule has 0 radical (unpaired) electrons. The first kappa shape index (κ1) is 14.0. The summed E-state index contributed by atoms with van der Waals surface area (Å²) < 4.78 is 15.2. The van der Waals surface area contributed by atoms with Crippen molar-refractivity contribution in [3.05, 3.63) is 42.6 Å². The Bertz CT molecular complexity index is 876. The molecular weight excluding hydrogens is 295 g/mol. The predicted molar refractivity (Wildman–Crippen MR) is 85.3 cm³/mol. The lowest BCUT2D eigenvalue weighted by atomic mass is 9.80. The first-order valence-corrected chi connectivity index (χ1v) is 7.68. The van der Waals surface area contributed by atoms with E-state index in [9.17, 15) is 9.18 Å². The van der Waals surface area contributed by atoms with E-state index in [4.69, 9.17) is 0 Å². The number of amides is 1. The van der Waals surface area contributed by atoms with Gasteiger partial charge in [0.05, 0.1) is 12.2 Å². The third-order valence-electron chi connectivity index (χ3n) is 4.66. The van der Waals surface area contributed by atoms with Crippen molar-refractivity contribution in [1.29, 1.82) is 0 Å². The third kappa shape index (κ3) is 2.30. The van der Waals surface area contributed by atoms with Gasteiger partial charge in [-0.15, -0.1) is 0 Å². The summed E-state index contributed by atoms with van der Waals surface area (Å²) in [6.45, 7) is 0. The van der Waals surface area contributed by atoms with Crippen LogP contribution in [0.25, 0.3) is 22.0 Å². The third-order valence-corrected chi connectivity index (χ3v) is 4.66. The Morgan fingerprint density at radius 2 is 2.26 bits per heavy atom. The quantitative estimate of drug-likeness (QED) is 0.781. The summed E-state index contributed by atoms with van der Waals surface area (Å²) in [6.07, 6.45) is 7.33. The Morgan fingerprint density at radius 3 is 3.04 bits per heavy atom. The van der Waals surface area contributed by atoms with E-state index in [0.29, 0.717) is 0 Å². The highest BCUT2D eigenvalue weighted by Gasteiger charge is 2.35. The summed E-state index contributed by atoms with van der Waals surface area (Å²) >= 11 is 0. The summed E-state index contributed by atoms with van der Waals surface area (Å²) in [6, 6.07) is 5.00. The number of carbonyl (C=O) groups excluding carboxylic acids is 1. The largest absolute Gasteiger partial charge is 0.360 e. The zero-order valence-corrected chi connectivity index (χ0v) is 12.7. The molecule has 1 fully saturated rings. The van der Waals surface area contributed by atoms with Crippen molar-refractivity contribution < 1.29 is 9.18 Å². The number of hydrogen-bond donors (Lipinski definition) is 2. The molecule has 2 aromatic heterocycles. The van der Waals surface area contributed by atoms with E-state index in [2.05, 4.69) is 15.4 Å². The molecule has 0 bridgehead atoms. The van der Waals surface area contributed by atoms with Crippen LogP contribution in [0.5, 0.6) is 0 Å². The minimum absolute atomic E-state index is 0.0914. The smallest absolute Gasteiger partial charge is 0.223 e. The maximum absolute atomic E-state index is 13.3. The fourth-order valence-corrected chi connectivity index (χ4v) is 3.24. The second kappa shape index (κ2) is 5.22. The van der Waals surface area contributed by atoms with Crippen LogP contribution in [0.1, 0.15) is 18.9 Å². The van der Waals surface area contributed by atoms with Crippen LogP contribution < -0.4 is 5.32 Å². The van der Waals surface area contributed by atoms with Gasteiger partial charge >= 0.3 is 0 Å². The van der Waals surface area contributed by atoms with Gasteiger partial charge in [-0.2, -0.15) is 5.10 Å². The molecule has 6 heteroatoms. The lowest BCUT2D eigenvalue weighted by Gasteiger charge is -2.33. The van der Waals surface area contributed by atoms with E-state index < -0.39 is 0 Å². The molecule has 2 N–H and O–H groups in total. The molecule has 0 aliphatic heterocycles. The van der Waals surface area contributed by atoms with E-state index in [1.54, 1.807) is 13.1 Å². The topological polar surface area (TPSA) is 62.7 Å². The molecule has 1 aliphatic rings. The maximum Gasteiger partial charge on any atom is 0.223 e. The van der Waals surface area contributed by atoms with Gasteiger partial charge in [0.1, 0.15) is 5.82 Å².